The van der Waals surface area contributed by atoms with Crippen LogP contribution in [0.5, 0.6) is 0 Å². The van der Waals surface area contributed by atoms with Crippen molar-refractivity contribution in [3.8, 4) is 0 Å². The first-order valence-corrected chi connectivity index (χ1v) is 5.36. The maximum absolute atomic E-state index is 11.8. The van der Waals surface area contributed by atoms with Crippen LogP contribution in [0.3, 0.4) is 0 Å². The van der Waals surface area contributed by atoms with Crippen LogP contribution in [-0.4, -0.2) is 29.1 Å². The quantitative estimate of drug-likeness (QED) is 0.766. The third kappa shape index (κ3) is 2.58. The van der Waals surface area contributed by atoms with Crippen LogP contribution in [0.2, 0.25) is 0 Å². The van der Waals surface area contributed by atoms with Crippen molar-refractivity contribution in [3.05, 3.63) is 17.5 Å². The van der Waals surface area contributed by atoms with Crippen molar-refractivity contribution >= 4 is 5.91 Å². The van der Waals surface area contributed by atoms with Crippen molar-refractivity contribution < 1.29 is 9.32 Å². The number of hydrogen-bond donors (Lipinski definition) is 0. The fraction of sp³-hybridized carbons (Fsp3) is 0.636. The van der Waals surface area contributed by atoms with Crippen molar-refractivity contribution in [2.45, 2.75) is 33.6 Å². The molecule has 0 radical (unpaired) electrons. The van der Waals surface area contributed by atoms with Gasteiger partial charge in [-0.25, -0.2) is 0 Å². The zero-order valence-electron chi connectivity index (χ0n) is 9.78. The molecular weight excluding hydrogens is 192 g/mol. The Morgan fingerprint density at radius 3 is 2.47 bits per heavy atom. The predicted molar refractivity (Wildman–Crippen MR) is 57.8 cm³/mol. The highest BCUT2D eigenvalue weighted by Gasteiger charge is 2.18. The monoisotopic (exact) mass is 210 g/mol. The van der Waals surface area contributed by atoms with Gasteiger partial charge in [0, 0.05) is 25.1 Å². The molecule has 4 heteroatoms. The second-order valence-electron chi connectivity index (χ2n) is 3.75. The Morgan fingerprint density at radius 2 is 2.07 bits per heavy atom. The number of carbonyl (C=O) groups excluding carboxylic acids is 1. The molecule has 0 aliphatic heterocycles. The molecule has 0 N–H and O–H groups in total. The lowest BCUT2D eigenvalue weighted by atomic mass is 10.1. The minimum absolute atomic E-state index is 0.0596. The number of carbonyl (C=O) groups is 1. The van der Waals surface area contributed by atoms with E-state index >= 15 is 0 Å². The van der Waals surface area contributed by atoms with Crippen molar-refractivity contribution in [1.29, 1.82) is 0 Å². The molecule has 1 amide bonds. The molecule has 0 atom stereocenters. The van der Waals surface area contributed by atoms with E-state index in [-0.39, 0.29) is 11.8 Å². The molecule has 1 rings (SSSR count). The van der Waals surface area contributed by atoms with Crippen LogP contribution in [-0.2, 0) is 0 Å². The largest absolute Gasteiger partial charge is 0.360 e. The summed E-state index contributed by atoms with van der Waals surface area (Å²) in [4.78, 5) is 13.6. The number of rotatable bonds is 4. The van der Waals surface area contributed by atoms with E-state index in [4.69, 9.17) is 4.52 Å². The summed E-state index contributed by atoms with van der Waals surface area (Å²) in [6.45, 7) is 9.30. The molecule has 1 aromatic heterocycles. The molecule has 0 spiro atoms. The van der Waals surface area contributed by atoms with Crippen molar-refractivity contribution in [3.63, 3.8) is 0 Å². The number of hydrogen-bond acceptors (Lipinski definition) is 3. The normalized spacial score (nSPS) is 10.7. The molecule has 0 bridgehead atoms. The molecule has 15 heavy (non-hydrogen) atoms. The van der Waals surface area contributed by atoms with Crippen molar-refractivity contribution in [1.82, 2.24) is 10.1 Å². The van der Waals surface area contributed by atoms with Gasteiger partial charge >= 0.3 is 0 Å². The van der Waals surface area contributed by atoms with Crippen molar-refractivity contribution in [2.24, 2.45) is 0 Å². The van der Waals surface area contributed by atoms with Crippen LogP contribution in [0.15, 0.2) is 10.6 Å². The Kier molecular flexibility index (Phi) is 3.88. The minimum atomic E-state index is -0.0596. The lowest BCUT2D eigenvalue weighted by Gasteiger charge is -2.16. The van der Waals surface area contributed by atoms with Crippen LogP contribution in [0.1, 0.15) is 49.9 Å². The average molecular weight is 210 g/mol. The Labute approximate surface area is 90.2 Å². The van der Waals surface area contributed by atoms with Gasteiger partial charge in [0.15, 0.2) is 5.69 Å². The second-order valence-corrected chi connectivity index (χ2v) is 3.75. The summed E-state index contributed by atoms with van der Waals surface area (Å²) in [7, 11) is 0. The maximum atomic E-state index is 11.8. The maximum Gasteiger partial charge on any atom is 0.276 e. The van der Waals surface area contributed by atoms with E-state index in [9.17, 15) is 4.79 Å². The van der Waals surface area contributed by atoms with Crippen LogP contribution in [0.25, 0.3) is 0 Å². The standard InChI is InChI=1S/C11H18N2O2/c1-5-13(6-2)11(14)9-7-10(8(3)4)15-12-9/h7-8H,5-6H2,1-4H3. The molecule has 0 aliphatic rings. The van der Waals surface area contributed by atoms with E-state index in [1.807, 2.05) is 27.7 Å². The lowest BCUT2D eigenvalue weighted by Crippen LogP contribution is -2.30. The summed E-state index contributed by atoms with van der Waals surface area (Å²) in [5, 5.41) is 3.79. The molecule has 0 fully saturated rings. The van der Waals surface area contributed by atoms with E-state index < -0.39 is 0 Å². The molecule has 0 aromatic carbocycles. The van der Waals surface area contributed by atoms with Gasteiger partial charge in [-0.15, -0.1) is 0 Å². The van der Waals surface area contributed by atoms with Gasteiger partial charge in [0.25, 0.3) is 5.91 Å². The molecule has 0 unspecified atom stereocenters. The molecule has 0 saturated carbocycles. The molecular formula is C11H18N2O2. The number of amides is 1. The second kappa shape index (κ2) is 4.96. The Hall–Kier alpha value is -1.32. The van der Waals surface area contributed by atoms with Crippen molar-refractivity contribution in [2.75, 3.05) is 13.1 Å². The molecule has 1 aromatic rings. The third-order valence-electron chi connectivity index (χ3n) is 2.37. The summed E-state index contributed by atoms with van der Waals surface area (Å²) in [6.07, 6.45) is 0. The summed E-state index contributed by atoms with van der Waals surface area (Å²) in [6, 6.07) is 1.73. The van der Waals surface area contributed by atoms with E-state index in [1.54, 1.807) is 11.0 Å². The molecule has 4 nitrogen and oxygen atoms in total. The zero-order valence-corrected chi connectivity index (χ0v) is 9.78. The summed E-state index contributed by atoms with van der Waals surface area (Å²) >= 11 is 0. The van der Waals surface area contributed by atoms with Gasteiger partial charge in [-0.3, -0.25) is 4.79 Å². The highest BCUT2D eigenvalue weighted by atomic mass is 16.5. The van der Waals surface area contributed by atoms with E-state index in [1.165, 1.54) is 0 Å². The first-order chi connectivity index (χ1) is 7.10. The lowest BCUT2D eigenvalue weighted by molar-refractivity contribution is 0.0762. The first kappa shape index (κ1) is 11.8. The van der Waals surface area contributed by atoms with Crippen LogP contribution >= 0.6 is 0 Å². The minimum Gasteiger partial charge on any atom is -0.360 e. The van der Waals surface area contributed by atoms with E-state index in [0.717, 1.165) is 5.76 Å². The molecule has 0 saturated heterocycles. The molecule has 1 heterocycles. The van der Waals surface area contributed by atoms with Gasteiger partial charge < -0.3 is 9.42 Å². The van der Waals surface area contributed by atoms with Gasteiger partial charge in [0.1, 0.15) is 5.76 Å². The third-order valence-corrected chi connectivity index (χ3v) is 2.37. The first-order valence-electron chi connectivity index (χ1n) is 5.36. The Morgan fingerprint density at radius 1 is 1.47 bits per heavy atom. The Balaban J connectivity index is 2.82. The molecule has 84 valence electrons. The van der Waals surface area contributed by atoms with Gasteiger partial charge in [0.2, 0.25) is 0 Å². The van der Waals surface area contributed by atoms with Crippen LogP contribution in [0, 0.1) is 0 Å². The average Bonchev–Trinajstić information content (AvgIpc) is 2.68. The number of nitrogens with zero attached hydrogens (tertiary/aromatic N) is 2. The fourth-order valence-corrected chi connectivity index (χ4v) is 1.34. The predicted octanol–water partition coefficient (Wildman–Crippen LogP) is 2.28. The summed E-state index contributed by atoms with van der Waals surface area (Å²) in [5.41, 5.74) is 0.405. The SMILES string of the molecule is CCN(CC)C(=O)c1cc(C(C)C)on1. The summed E-state index contributed by atoms with van der Waals surface area (Å²) < 4.78 is 5.09. The molecule has 0 aliphatic carbocycles. The summed E-state index contributed by atoms with van der Waals surface area (Å²) in [5.74, 6) is 0.955. The topological polar surface area (TPSA) is 46.3 Å². The highest BCUT2D eigenvalue weighted by Crippen LogP contribution is 2.15. The number of aromatic nitrogens is 1. The van der Waals surface area contributed by atoms with Crippen LogP contribution in [0.4, 0.5) is 0 Å². The fourth-order valence-electron chi connectivity index (χ4n) is 1.34. The van der Waals surface area contributed by atoms with Gasteiger partial charge in [-0.2, -0.15) is 0 Å². The van der Waals surface area contributed by atoms with Crippen LogP contribution < -0.4 is 0 Å². The van der Waals surface area contributed by atoms with Gasteiger partial charge in [0.05, 0.1) is 0 Å². The van der Waals surface area contributed by atoms with Gasteiger partial charge in [-0.1, -0.05) is 19.0 Å². The van der Waals surface area contributed by atoms with E-state index in [0.29, 0.717) is 18.8 Å². The van der Waals surface area contributed by atoms with Gasteiger partial charge in [-0.05, 0) is 13.8 Å². The zero-order chi connectivity index (χ0) is 11.4. The highest BCUT2D eigenvalue weighted by molar-refractivity contribution is 5.92. The Bertz CT molecular complexity index is 327. The van der Waals surface area contributed by atoms with E-state index in [2.05, 4.69) is 5.16 Å². The smallest absolute Gasteiger partial charge is 0.276 e.